The lowest BCUT2D eigenvalue weighted by Crippen LogP contribution is -1.94. The summed E-state index contributed by atoms with van der Waals surface area (Å²) in [5, 5.41) is 32.5. The highest BCUT2D eigenvalue weighted by Crippen LogP contribution is 2.38. The monoisotopic (exact) mass is 333 g/mol. The molecule has 0 unspecified atom stereocenters. The Kier molecular flexibility index (Phi) is 3.19. The lowest BCUT2D eigenvalue weighted by Gasteiger charge is -2.10. The van der Waals surface area contributed by atoms with Crippen molar-refractivity contribution in [3.05, 3.63) is 59.2 Å². The minimum atomic E-state index is 0.208. The number of phenols is 3. The summed E-state index contributed by atoms with van der Waals surface area (Å²) >= 11 is 0. The normalized spacial score (nSPS) is 11.5. The van der Waals surface area contributed by atoms with Crippen molar-refractivity contribution >= 4 is 21.8 Å². The molecule has 1 aromatic heterocycles. The fourth-order valence-electron chi connectivity index (χ4n) is 3.32. The molecule has 3 aromatic carbocycles. The third-order valence-electron chi connectivity index (χ3n) is 4.85. The smallest absolute Gasteiger partial charge is 0.120 e. The molecule has 0 radical (unpaired) electrons. The van der Waals surface area contributed by atoms with E-state index in [-0.39, 0.29) is 17.2 Å². The van der Waals surface area contributed by atoms with Gasteiger partial charge in [0, 0.05) is 34.7 Å². The fraction of sp³-hybridized carbons (Fsp3) is 0.143. The maximum atomic E-state index is 10.2. The number of hydrogen-bond donors (Lipinski definition) is 3. The molecule has 25 heavy (non-hydrogen) atoms. The maximum absolute atomic E-state index is 10.2. The summed E-state index contributed by atoms with van der Waals surface area (Å²) in [5.74, 6) is 0.642. The second-order valence-electron chi connectivity index (χ2n) is 6.62. The van der Waals surface area contributed by atoms with Crippen LogP contribution in [0.4, 0.5) is 0 Å². The van der Waals surface area contributed by atoms with Crippen LogP contribution in [-0.4, -0.2) is 19.9 Å². The largest absolute Gasteiger partial charge is 0.508 e. The highest BCUT2D eigenvalue weighted by molar-refractivity contribution is 6.10. The first-order valence-corrected chi connectivity index (χ1v) is 8.14. The van der Waals surface area contributed by atoms with E-state index in [0.717, 1.165) is 44.2 Å². The van der Waals surface area contributed by atoms with Crippen molar-refractivity contribution in [2.24, 2.45) is 0 Å². The van der Waals surface area contributed by atoms with E-state index in [1.54, 1.807) is 18.2 Å². The van der Waals surface area contributed by atoms with Crippen molar-refractivity contribution in [3.8, 4) is 22.9 Å². The molecule has 0 spiro atoms. The number of hydrogen-bond acceptors (Lipinski definition) is 3. The average Bonchev–Trinajstić information content (AvgIpc) is 2.84. The predicted octanol–water partition coefficient (Wildman–Crippen LogP) is 4.83. The van der Waals surface area contributed by atoms with Crippen LogP contribution in [0.5, 0.6) is 17.2 Å². The van der Waals surface area contributed by atoms with E-state index < -0.39 is 0 Å². The summed E-state index contributed by atoms with van der Waals surface area (Å²) in [4.78, 5) is 0. The first-order valence-electron chi connectivity index (χ1n) is 8.14. The molecule has 0 fully saturated rings. The summed E-state index contributed by atoms with van der Waals surface area (Å²) in [6.45, 7) is 5.57. The zero-order chi connectivity index (χ0) is 17.9. The molecule has 0 saturated carbocycles. The van der Waals surface area contributed by atoms with Gasteiger partial charge in [-0.25, -0.2) is 0 Å². The minimum Gasteiger partial charge on any atom is -0.508 e. The zero-order valence-corrected chi connectivity index (χ0v) is 14.3. The number of phenolic OH excluding ortho intramolecular Hbond substituents is 3. The van der Waals surface area contributed by atoms with Gasteiger partial charge in [0.25, 0.3) is 0 Å². The van der Waals surface area contributed by atoms with Crippen molar-refractivity contribution in [1.82, 2.24) is 4.57 Å². The number of aromatic hydroxyl groups is 3. The quantitative estimate of drug-likeness (QED) is 0.467. The van der Waals surface area contributed by atoms with Gasteiger partial charge in [0.15, 0.2) is 0 Å². The van der Waals surface area contributed by atoms with Gasteiger partial charge >= 0.3 is 0 Å². The van der Waals surface area contributed by atoms with Gasteiger partial charge < -0.3 is 19.9 Å². The second-order valence-corrected chi connectivity index (χ2v) is 6.62. The number of aryl methyl sites for hydroxylation is 3. The van der Waals surface area contributed by atoms with Crippen molar-refractivity contribution in [3.63, 3.8) is 0 Å². The summed E-state index contributed by atoms with van der Waals surface area (Å²) in [7, 11) is 0. The van der Waals surface area contributed by atoms with Crippen LogP contribution in [0.15, 0.2) is 42.5 Å². The van der Waals surface area contributed by atoms with Crippen molar-refractivity contribution in [2.75, 3.05) is 0 Å². The van der Waals surface area contributed by atoms with Crippen LogP contribution < -0.4 is 0 Å². The highest BCUT2D eigenvalue weighted by atomic mass is 16.3. The Bertz CT molecular complexity index is 1090. The van der Waals surface area contributed by atoms with Gasteiger partial charge in [-0.2, -0.15) is 0 Å². The van der Waals surface area contributed by atoms with E-state index in [4.69, 9.17) is 0 Å². The van der Waals surface area contributed by atoms with Gasteiger partial charge in [0.1, 0.15) is 17.2 Å². The number of nitrogens with zero attached hydrogens (tertiary/aromatic N) is 1. The van der Waals surface area contributed by atoms with E-state index in [2.05, 4.69) is 0 Å². The number of benzene rings is 3. The molecule has 126 valence electrons. The first kappa shape index (κ1) is 15.4. The molecule has 0 aliphatic carbocycles. The van der Waals surface area contributed by atoms with E-state index in [1.807, 2.05) is 49.6 Å². The molecule has 0 saturated heterocycles. The van der Waals surface area contributed by atoms with E-state index in [1.165, 1.54) is 0 Å². The van der Waals surface area contributed by atoms with Gasteiger partial charge in [0.05, 0.1) is 11.0 Å². The summed E-state index contributed by atoms with van der Waals surface area (Å²) in [6, 6.07) is 12.8. The zero-order valence-electron chi connectivity index (χ0n) is 14.3. The minimum absolute atomic E-state index is 0.208. The van der Waals surface area contributed by atoms with E-state index in [0.29, 0.717) is 0 Å². The van der Waals surface area contributed by atoms with Gasteiger partial charge in [-0.3, -0.25) is 0 Å². The standard InChI is InChI=1S/C21H19NO3/c1-11-4-5-14(8-19(11)23)22-17-9-20(24)12(2)6-15(17)16-7-13(3)21(25)10-18(16)22/h4-10,23-25H,1-3H3. The number of fused-ring (bicyclic) bond motifs is 3. The molecule has 4 nitrogen and oxygen atoms in total. The Morgan fingerprint density at radius 2 is 1.08 bits per heavy atom. The van der Waals surface area contributed by atoms with Gasteiger partial charge in [-0.15, -0.1) is 0 Å². The van der Waals surface area contributed by atoms with Gasteiger partial charge in [0.2, 0.25) is 0 Å². The molecule has 4 aromatic rings. The Morgan fingerprint density at radius 3 is 1.56 bits per heavy atom. The lowest BCUT2D eigenvalue weighted by atomic mass is 10.1. The third kappa shape index (κ3) is 2.22. The van der Waals surface area contributed by atoms with Crippen molar-refractivity contribution in [2.45, 2.75) is 20.8 Å². The number of rotatable bonds is 1. The molecule has 0 aliphatic rings. The summed E-state index contributed by atoms with van der Waals surface area (Å²) < 4.78 is 1.95. The Morgan fingerprint density at radius 1 is 0.600 bits per heavy atom. The molecule has 4 heteroatoms. The Hall–Kier alpha value is -3.14. The van der Waals surface area contributed by atoms with Crippen LogP contribution in [0.2, 0.25) is 0 Å². The van der Waals surface area contributed by atoms with Crippen molar-refractivity contribution < 1.29 is 15.3 Å². The molecule has 0 aliphatic heterocycles. The van der Waals surface area contributed by atoms with Crippen LogP contribution in [0, 0.1) is 20.8 Å². The van der Waals surface area contributed by atoms with Crippen LogP contribution in [0.3, 0.4) is 0 Å². The molecular formula is C21H19NO3. The summed E-state index contributed by atoms with van der Waals surface area (Å²) in [6.07, 6.45) is 0. The van der Waals surface area contributed by atoms with Gasteiger partial charge in [-0.05, 0) is 55.7 Å². The second kappa shape index (κ2) is 5.18. The number of aromatic nitrogens is 1. The lowest BCUT2D eigenvalue weighted by molar-refractivity contribution is 0.471. The van der Waals surface area contributed by atoms with Crippen LogP contribution in [-0.2, 0) is 0 Å². The maximum Gasteiger partial charge on any atom is 0.120 e. The molecular weight excluding hydrogens is 314 g/mol. The topological polar surface area (TPSA) is 65.6 Å². The molecule has 1 heterocycles. The van der Waals surface area contributed by atoms with E-state index >= 15 is 0 Å². The Balaban J connectivity index is 2.21. The van der Waals surface area contributed by atoms with Crippen molar-refractivity contribution in [1.29, 1.82) is 0 Å². The van der Waals surface area contributed by atoms with E-state index in [9.17, 15) is 15.3 Å². The molecule has 0 atom stereocenters. The van der Waals surface area contributed by atoms with Crippen LogP contribution in [0.25, 0.3) is 27.5 Å². The molecule has 0 amide bonds. The van der Waals surface area contributed by atoms with Crippen LogP contribution in [0.1, 0.15) is 16.7 Å². The van der Waals surface area contributed by atoms with Gasteiger partial charge in [-0.1, -0.05) is 6.07 Å². The third-order valence-corrected chi connectivity index (χ3v) is 4.85. The fourth-order valence-corrected chi connectivity index (χ4v) is 3.32. The SMILES string of the molecule is Cc1ccc(-n2c3cc(O)c(C)cc3c3cc(C)c(O)cc32)cc1O. The van der Waals surface area contributed by atoms with Crippen LogP contribution >= 0.6 is 0 Å². The highest BCUT2D eigenvalue weighted by Gasteiger charge is 2.16. The predicted molar refractivity (Wildman–Crippen MR) is 100.0 cm³/mol. The molecule has 0 bridgehead atoms. The molecule has 3 N–H and O–H groups in total. The summed E-state index contributed by atoms with van der Waals surface area (Å²) in [5.41, 5.74) is 4.81. The first-order chi connectivity index (χ1) is 11.9. The molecule has 4 rings (SSSR count). The average molecular weight is 333 g/mol. The Labute approximate surface area is 145 Å².